The molecule has 5 heteroatoms. The van der Waals surface area contributed by atoms with Crippen LogP contribution in [0.1, 0.15) is 34.1 Å². The fourth-order valence-corrected chi connectivity index (χ4v) is 2.83. The molecule has 1 aliphatic rings. The first kappa shape index (κ1) is 17.4. The van der Waals surface area contributed by atoms with Crippen LogP contribution in [-0.4, -0.2) is 49.4 Å². The number of anilines is 1. The first-order chi connectivity index (χ1) is 10.8. The van der Waals surface area contributed by atoms with Gasteiger partial charge in [0.25, 0.3) is 0 Å². The lowest BCUT2D eigenvalue weighted by Gasteiger charge is -2.42. The lowest BCUT2D eigenvalue weighted by atomic mass is 10.1. The molecule has 1 fully saturated rings. The molecular weight excluding hydrogens is 292 g/mol. The summed E-state index contributed by atoms with van der Waals surface area (Å²) in [6, 6.07) is 8.37. The minimum absolute atomic E-state index is 0.221. The summed E-state index contributed by atoms with van der Waals surface area (Å²) >= 11 is 0. The van der Waals surface area contributed by atoms with E-state index < -0.39 is 5.60 Å². The maximum Gasteiger partial charge on any atom is 0.410 e. The maximum atomic E-state index is 12.3. The molecule has 0 saturated carbocycles. The molecule has 23 heavy (non-hydrogen) atoms. The van der Waals surface area contributed by atoms with E-state index in [1.807, 2.05) is 43.9 Å². The number of methoxy groups -OCH3 is 1. The number of hydrogen-bond donors (Lipinski definition) is 0. The first-order valence-corrected chi connectivity index (χ1v) is 8.22. The van der Waals surface area contributed by atoms with Gasteiger partial charge in [-0.05, 0) is 39.3 Å². The van der Waals surface area contributed by atoms with Crippen LogP contribution in [0.3, 0.4) is 0 Å². The van der Waals surface area contributed by atoms with Gasteiger partial charge >= 0.3 is 6.09 Å². The summed E-state index contributed by atoms with van der Waals surface area (Å²) in [5, 5.41) is 0. The molecule has 1 saturated heterocycles. The predicted molar refractivity (Wildman–Crippen MR) is 92.2 cm³/mol. The number of rotatable bonds is 3. The van der Waals surface area contributed by atoms with Crippen LogP contribution in [0.4, 0.5) is 10.5 Å². The first-order valence-electron chi connectivity index (χ1n) is 8.22. The van der Waals surface area contributed by atoms with E-state index in [0.717, 1.165) is 24.4 Å². The van der Waals surface area contributed by atoms with E-state index in [-0.39, 0.29) is 12.1 Å². The van der Waals surface area contributed by atoms with E-state index in [9.17, 15) is 4.79 Å². The van der Waals surface area contributed by atoms with Crippen molar-refractivity contribution in [3.05, 3.63) is 24.3 Å². The number of benzene rings is 1. The van der Waals surface area contributed by atoms with E-state index in [4.69, 9.17) is 9.47 Å². The van der Waals surface area contributed by atoms with Gasteiger partial charge in [0.1, 0.15) is 11.4 Å². The highest BCUT2D eigenvalue weighted by Gasteiger charge is 2.31. The molecule has 0 radical (unpaired) electrons. The summed E-state index contributed by atoms with van der Waals surface area (Å²) in [5.74, 6) is 0.854. The van der Waals surface area contributed by atoms with Crippen molar-refractivity contribution in [1.29, 1.82) is 0 Å². The molecule has 1 heterocycles. The van der Waals surface area contributed by atoms with Crippen LogP contribution in [0, 0.1) is 0 Å². The topological polar surface area (TPSA) is 42.0 Å². The van der Waals surface area contributed by atoms with Crippen molar-refractivity contribution in [2.45, 2.75) is 45.8 Å². The summed E-state index contributed by atoms with van der Waals surface area (Å²) < 4.78 is 10.8. The van der Waals surface area contributed by atoms with Gasteiger partial charge in [-0.3, -0.25) is 0 Å². The smallest absolute Gasteiger partial charge is 0.410 e. The average molecular weight is 320 g/mol. The predicted octanol–water partition coefficient (Wildman–Crippen LogP) is 3.53. The SMILES string of the molecule is CCC1CN(C(=O)OC(C)(C)C)CCN1c1cccc(OC)c1. The Hall–Kier alpha value is -1.91. The molecule has 1 unspecified atom stereocenters. The lowest BCUT2D eigenvalue weighted by molar-refractivity contribution is 0.0213. The van der Waals surface area contributed by atoms with Crippen LogP contribution in [0.25, 0.3) is 0 Å². The molecule has 0 spiro atoms. The number of carbonyl (C=O) groups excluding carboxylic acids is 1. The Morgan fingerprint density at radius 2 is 2.04 bits per heavy atom. The molecule has 0 N–H and O–H groups in total. The third-order valence-corrected chi connectivity index (χ3v) is 3.99. The molecule has 1 atom stereocenters. The van der Waals surface area contributed by atoms with Crippen molar-refractivity contribution in [3.8, 4) is 5.75 Å². The van der Waals surface area contributed by atoms with Crippen LogP contribution in [-0.2, 0) is 4.74 Å². The third-order valence-electron chi connectivity index (χ3n) is 3.99. The lowest BCUT2D eigenvalue weighted by Crippen LogP contribution is -2.55. The average Bonchev–Trinajstić information content (AvgIpc) is 2.52. The maximum absolute atomic E-state index is 12.3. The Bertz CT molecular complexity index is 539. The largest absolute Gasteiger partial charge is 0.497 e. The Labute approximate surface area is 139 Å². The van der Waals surface area contributed by atoms with Gasteiger partial charge in [-0.25, -0.2) is 4.79 Å². The molecular formula is C18H28N2O3. The van der Waals surface area contributed by atoms with Gasteiger partial charge in [0.05, 0.1) is 7.11 Å². The van der Waals surface area contributed by atoms with Crippen LogP contribution in [0.15, 0.2) is 24.3 Å². The van der Waals surface area contributed by atoms with Gasteiger partial charge in [-0.2, -0.15) is 0 Å². The van der Waals surface area contributed by atoms with Crippen LogP contribution < -0.4 is 9.64 Å². The van der Waals surface area contributed by atoms with E-state index >= 15 is 0 Å². The molecule has 0 aromatic heterocycles. The molecule has 1 aliphatic heterocycles. The second kappa shape index (κ2) is 7.11. The number of carbonyl (C=O) groups is 1. The van der Waals surface area contributed by atoms with Crippen molar-refractivity contribution < 1.29 is 14.3 Å². The summed E-state index contributed by atoms with van der Waals surface area (Å²) in [7, 11) is 1.68. The van der Waals surface area contributed by atoms with E-state index in [0.29, 0.717) is 13.1 Å². The molecule has 5 nitrogen and oxygen atoms in total. The van der Waals surface area contributed by atoms with Gasteiger partial charge < -0.3 is 19.3 Å². The summed E-state index contributed by atoms with van der Waals surface area (Å²) in [6.07, 6.45) is 0.748. The zero-order valence-corrected chi connectivity index (χ0v) is 14.8. The van der Waals surface area contributed by atoms with Gasteiger partial charge in [-0.1, -0.05) is 13.0 Å². The number of ether oxygens (including phenoxy) is 2. The Morgan fingerprint density at radius 1 is 1.30 bits per heavy atom. The molecule has 128 valence electrons. The van der Waals surface area contributed by atoms with E-state index in [2.05, 4.69) is 17.9 Å². The number of hydrogen-bond acceptors (Lipinski definition) is 4. The molecule has 1 aromatic rings. The summed E-state index contributed by atoms with van der Waals surface area (Å²) in [4.78, 5) is 16.5. The summed E-state index contributed by atoms with van der Waals surface area (Å²) in [5.41, 5.74) is 0.683. The Kier molecular flexibility index (Phi) is 5.39. The van der Waals surface area contributed by atoms with Crippen molar-refractivity contribution in [2.24, 2.45) is 0 Å². The number of nitrogens with zero attached hydrogens (tertiary/aromatic N) is 2. The monoisotopic (exact) mass is 320 g/mol. The zero-order valence-electron chi connectivity index (χ0n) is 14.8. The zero-order chi connectivity index (χ0) is 17.0. The van der Waals surface area contributed by atoms with Crippen molar-refractivity contribution in [1.82, 2.24) is 4.90 Å². The van der Waals surface area contributed by atoms with Crippen molar-refractivity contribution in [3.63, 3.8) is 0 Å². The highest BCUT2D eigenvalue weighted by molar-refractivity contribution is 5.69. The van der Waals surface area contributed by atoms with Crippen LogP contribution in [0.2, 0.25) is 0 Å². The van der Waals surface area contributed by atoms with Crippen molar-refractivity contribution >= 4 is 11.8 Å². The van der Waals surface area contributed by atoms with Crippen LogP contribution in [0.5, 0.6) is 5.75 Å². The number of piperazine rings is 1. The highest BCUT2D eigenvalue weighted by atomic mass is 16.6. The van der Waals surface area contributed by atoms with Gasteiger partial charge in [0.15, 0.2) is 0 Å². The van der Waals surface area contributed by atoms with Crippen LogP contribution >= 0.6 is 0 Å². The molecule has 0 aliphatic carbocycles. The van der Waals surface area contributed by atoms with Crippen molar-refractivity contribution in [2.75, 3.05) is 31.6 Å². The highest BCUT2D eigenvalue weighted by Crippen LogP contribution is 2.26. The molecule has 1 amide bonds. The number of amides is 1. The standard InChI is InChI=1S/C18H28N2O3/c1-6-14-13-19(17(21)23-18(2,3)4)10-11-20(14)15-8-7-9-16(12-15)22-5/h7-9,12,14H,6,10-11,13H2,1-5H3. The Morgan fingerprint density at radius 3 is 2.65 bits per heavy atom. The second-order valence-corrected chi connectivity index (χ2v) is 6.88. The van der Waals surface area contributed by atoms with E-state index in [1.165, 1.54) is 0 Å². The quantitative estimate of drug-likeness (QED) is 0.854. The molecule has 2 rings (SSSR count). The third kappa shape index (κ3) is 4.53. The second-order valence-electron chi connectivity index (χ2n) is 6.88. The molecule has 0 bridgehead atoms. The van der Waals surface area contributed by atoms with Gasteiger partial charge in [0.2, 0.25) is 0 Å². The van der Waals surface area contributed by atoms with Gasteiger partial charge in [0, 0.05) is 37.4 Å². The fourth-order valence-electron chi connectivity index (χ4n) is 2.83. The minimum atomic E-state index is -0.456. The normalized spacial score (nSPS) is 18.7. The van der Waals surface area contributed by atoms with Gasteiger partial charge in [-0.15, -0.1) is 0 Å². The summed E-state index contributed by atoms with van der Waals surface area (Å²) in [6.45, 7) is 9.99. The fraction of sp³-hybridized carbons (Fsp3) is 0.611. The Balaban J connectivity index is 2.08. The minimum Gasteiger partial charge on any atom is -0.497 e. The van der Waals surface area contributed by atoms with E-state index in [1.54, 1.807) is 7.11 Å². The molecule has 1 aromatic carbocycles.